The summed E-state index contributed by atoms with van der Waals surface area (Å²) in [5.41, 5.74) is -7.90. The summed E-state index contributed by atoms with van der Waals surface area (Å²) < 4.78 is 97.2. The van der Waals surface area contributed by atoms with Crippen LogP contribution in [0, 0.1) is 0 Å². The minimum absolute atomic E-state index is 0.0966. The molecule has 0 aliphatic carbocycles. The Labute approximate surface area is 253 Å². The van der Waals surface area contributed by atoms with E-state index >= 15 is 0 Å². The van der Waals surface area contributed by atoms with E-state index in [1.54, 1.807) is 12.1 Å². The Bertz CT molecular complexity index is 2040. The zero-order valence-corrected chi connectivity index (χ0v) is 23.9. The molecule has 0 saturated carbocycles. The first-order chi connectivity index (χ1) is 21.9. The van der Waals surface area contributed by atoms with Gasteiger partial charge in [-0.15, -0.1) is 0 Å². The van der Waals surface area contributed by atoms with E-state index in [1.807, 2.05) is 0 Å². The highest BCUT2D eigenvalue weighted by Crippen LogP contribution is 2.40. The molecular weight excluding hydrogens is 622 g/mol. The normalized spacial score (nSPS) is 12.4. The number of fused-ring (bicyclic) bond motifs is 2. The SMILES string of the molecule is COCc1nc2c(-c3ccccc3)c(C(F)(F)F)[nH]n2c(=O)c1-c1c(COC)nc2c(-c3ccccc3)c(C(F)(F)F)[nH]n2c1=O. The lowest BCUT2D eigenvalue weighted by molar-refractivity contribution is -0.141. The molecule has 0 amide bonds. The van der Waals surface area contributed by atoms with E-state index < -0.39 is 81.6 Å². The molecule has 6 rings (SSSR count). The second-order valence-corrected chi connectivity index (χ2v) is 10.1. The summed E-state index contributed by atoms with van der Waals surface area (Å²) in [7, 11) is 2.47. The predicted molar refractivity (Wildman–Crippen MR) is 153 cm³/mol. The molecule has 0 atom stereocenters. The Balaban J connectivity index is 1.75. The van der Waals surface area contributed by atoms with Gasteiger partial charge >= 0.3 is 12.4 Å². The molecule has 0 aliphatic heterocycles. The van der Waals surface area contributed by atoms with Crippen LogP contribution in [-0.4, -0.2) is 43.4 Å². The molecule has 0 fully saturated rings. The summed E-state index contributed by atoms with van der Waals surface area (Å²) in [6.45, 7) is -0.908. The van der Waals surface area contributed by atoms with Crippen LogP contribution in [0.4, 0.5) is 26.3 Å². The number of nitrogens with one attached hydrogen (secondary N) is 2. The molecule has 0 aliphatic rings. The van der Waals surface area contributed by atoms with Gasteiger partial charge in [-0.05, 0) is 11.1 Å². The van der Waals surface area contributed by atoms with Crippen molar-refractivity contribution in [1.82, 2.24) is 29.2 Å². The van der Waals surface area contributed by atoms with Crippen molar-refractivity contribution in [2.24, 2.45) is 0 Å². The quantitative estimate of drug-likeness (QED) is 0.216. The van der Waals surface area contributed by atoms with Crippen LogP contribution in [0.1, 0.15) is 22.8 Å². The molecule has 0 unspecified atom stereocenters. The molecule has 10 nitrogen and oxygen atoms in total. The second kappa shape index (κ2) is 11.3. The number of H-pyrrole nitrogens is 2. The number of alkyl halides is 6. The zero-order valence-electron chi connectivity index (χ0n) is 23.9. The molecule has 6 aromatic rings. The van der Waals surface area contributed by atoms with Crippen molar-refractivity contribution >= 4 is 11.3 Å². The average Bonchev–Trinajstić information content (AvgIpc) is 3.60. The minimum atomic E-state index is -4.96. The number of ether oxygens (including phenoxy) is 2. The van der Waals surface area contributed by atoms with Gasteiger partial charge in [-0.2, -0.15) is 35.4 Å². The van der Waals surface area contributed by atoms with Gasteiger partial charge in [0.1, 0.15) is 11.4 Å². The highest BCUT2D eigenvalue weighted by molar-refractivity contribution is 5.84. The number of hydrogen-bond acceptors (Lipinski definition) is 6. The standard InChI is InChI=1S/C30H22F6N6O4/c1-45-13-17-21(27(43)41-25(37-17)19(15-9-5-3-6-10-15)23(39-41)29(31,32)33)22-18(14-46-2)38-26-20(16-11-7-4-8-12-16)24(30(34,35)36)40-42(26)28(22)44/h3-12,39-40H,13-14H2,1-2H3. The van der Waals surface area contributed by atoms with Crippen molar-refractivity contribution in [3.63, 3.8) is 0 Å². The maximum atomic E-state index is 14.3. The molecule has 2 aromatic carbocycles. The molecule has 238 valence electrons. The fraction of sp³-hybridized carbons (Fsp3) is 0.200. The lowest BCUT2D eigenvalue weighted by atomic mass is 10.0. The topological polar surface area (TPSA) is 119 Å². The largest absolute Gasteiger partial charge is 0.433 e. The first-order valence-corrected chi connectivity index (χ1v) is 13.5. The Morgan fingerprint density at radius 2 is 0.957 bits per heavy atom. The van der Waals surface area contributed by atoms with Gasteiger partial charge in [-0.1, -0.05) is 60.7 Å². The van der Waals surface area contributed by atoms with E-state index in [4.69, 9.17) is 9.47 Å². The van der Waals surface area contributed by atoms with E-state index in [-0.39, 0.29) is 22.5 Å². The summed E-state index contributed by atoms with van der Waals surface area (Å²) in [5, 5.41) is 4.14. The molecule has 0 bridgehead atoms. The summed E-state index contributed by atoms with van der Waals surface area (Å²) in [5.74, 6) is 0. The van der Waals surface area contributed by atoms with Gasteiger partial charge in [0, 0.05) is 14.2 Å². The Hall–Kier alpha value is -5.22. The number of aromatic nitrogens is 6. The van der Waals surface area contributed by atoms with Gasteiger partial charge in [-0.3, -0.25) is 19.8 Å². The van der Waals surface area contributed by atoms with Crippen LogP contribution >= 0.6 is 0 Å². The van der Waals surface area contributed by atoms with Gasteiger partial charge in [0.25, 0.3) is 11.1 Å². The van der Waals surface area contributed by atoms with Crippen molar-refractivity contribution in [2.45, 2.75) is 25.6 Å². The molecule has 4 aromatic heterocycles. The summed E-state index contributed by atoms with van der Waals surface area (Å²) in [4.78, 5) is 36.9. The van der Waals surface area contributed by atoms with E-state index in [1.165, 1.54) is 62.8 Å². The van der Waals surface area contributed by atoms with Crippen LogP contribution in [0.2, 0.25) is 0 Å². The van der Waals surface area contributed by atoms with E-state index in [0.717, 1.165) is 0 Å². The van der Waals surface area contributed by atoms with Gasteiger partial charge in [0.05, 0.1) is 46.9 Å². The Morgan fingerprint density at radius 3 is 1.26 bits per heavy atom. The number of aromatic amines is 2. The summed E-state index contributed by atoms with van der Waals surface area (Å²) in [6.07, 6.45) is -9.92. The number of halogens is 6. The predicted octanol–water partition coefficient (Wildman–Crippen LogP) is 5.69. The van der Waals surface area contributed by atoms with E-state index in [9.17, 15) is 35.9 Å². The zero-order chi connectivity index (χ0) is 33.0. The summed E-state index contributed by atoms with van der Waals surface area (Å²) in [6, 6.07) is 14.9. The highest BCUT2D eigenvalue weighted by Gasteiger charge is 2.40. The number of methoxy groups -OCH3 is 2. The fourth-order valence-corrected chi connectivity index (χ4v) is 5.38. The number of hydrogen-bond donors (Lipinski definition) is 2. The third-order valence-electron chi connectivity index (χ3n) is 7.21. The second-order valence-electron chi connectivity index (χ2n) is 10.1. The van der Waals surface area contributed by atoms with Crippen LogP contribution < -0.4 is 11.1 Å². The molecule has 0 spiro atoms. The number of benzene rings is 2. The van der Waals surface area contributed by atoms with Gasteiger partial charge in [-0.25, -0.2) is 9.97 Å². The van der Waals surface area contributed by atoms with E-state index in [2.05, 4.69) is 20.2 Å². The molecule has 0 radical (unpaired) electrons. The van der Waals surface area contributed by atoms with Crippen LogP contribution in [0.3, 0.4) is 0 Å². The molecule has 4 heterocycles. The van der Waals surface area contributed by atoms with Crippen molar-refractivity contribution in [1.29, 1.82) is 0 Å². The minimum Gasteiger partial charge on any atom is -0.378 e. The van der Waals surface area contributed by atoms with Crippen molar-refractivity contribution in [3.05, 3.63) is 104 Å². The molecule has 0 saturated heterocycles. The highest BCUT2D eigenvalue weighted by atomic mass is 19.4. The third-order valence-corrected chi connectivity index (χ3v) is 7.21. The average molecular weight is 645 g/mol. The van der Waals surface area contributed by atoms with E-state index in [0.29, 0.717) is 9.03 Å². The van der Waals surface area contributed by atoms with Crippen molar-refractivity contribution < 1.29 is 35.8 Å². The summed E-state index contributed by atoms with van der Waals surface area (Å²) >= 11 is 0. The lowest BCUT2D eigenvalue weighted by Gasteiger charge is -2.13. The van der Waals surface area contributed by atoms with Crippen LogP contribution in [0.25, 0.3) is 44.7 Å². The first kappa shape index (κ1) is 30.8. The fourth-order valence-electron chi connectivity index (χ4n) is 5.38. The van der Waals surface area contributed by atoms with Crippen molar-refractivity contribution in [3.8, 4) is 33.4 Å². The van der Waals surface area contributed by atoms with Crippen molar-refractivity contribution in [2.75, 3.05) is 14.2 Å². The smallest absolute Gasteiger partial charge is 0.378 e. The lowest BCUT2D eigenvalue weighted by Crippen LogP contribution is -2.28. The Kier molecular flexibility index (Phi) is 7.56. The molecule has 16 heteroatoms. The molecule has 46 heavy (non-hydrogen) atoms. The van der Waals surface area contributed by atoms with Crippen LogP contribution in [0.5, 0.6) is 0 Å². The molecular formula is C30H22F6N6O4. The number of nitrogens with zero attached hydrogens (tertiary/aromatic N) is 4. The van der Waals surface area contributed by atoms with Crippen LogP contribution in [-0.2, 0) is 35.0 Å². The molecule has 2 N–H and O–H groups in total. The van der Waals surface area contributed by atoms with Gasteiger partial charge in [0.15, 0.2) is 11.3 Å². The van der Waals surface area contributed by atoms with Gasteiger partial charge in [0.2, 0.25) is 0 Å². The monoisotopic (exact) mass is 644 g/mol. The number of rotatable bonds is 7. The van der Waals surface area contributed by atoms with Crippen LogP contribution in [0.15, 0.2) is 70.3 Å². The first-order valence-electron chi connectivity index (χ1n) is 13.5. The van der Waals surface area contributed by atoms with Gasteiger partial charge < -0.3 is 9.47 Å². The third kappa shape index (κ3) is 5.04. The maximum absolute atomic E-state index is 14.3. The maximum Gasteiger partial charge on any atom is 0.433 e. The Morgan fingerprint density at radius 1 is 0.609 bits per heavy atom.